The number of hydrogen-bond donors (Lipinski definition) is 3. The Morgan fingerprint density at radius 2 is 1.88 bits per heavy atom. The van der Waals surface area contributed by atoms with Gasteiger partial charge in [0.05, 0.1) is 18.2 Å². The SMILES string of the molecule is COc1ncnc(NC(C)(C)C(C)(C)O)c1N. The van der Waals surface area contributed by atoms with Crippen LogP contribution in [0.15, 0.2) is 6.33 Å². The fraction of sp³-hybridized carbons (Fsp3) is 0.636. The average molecular weight is 240 g/mol. The van der Waals surface area contributed by atoms with Crippen LogP contribution >= 0.6 is 0 Å². The molecule has 0 unspecified atom stereocenters. The van der Waals surface area contributed by atoms with E-state index >= 15 is 0 Å². The van der Waals surface area contributed by atoms with Gasteiger partial charge in [0.1, 0.15) is 12.0 Å². The maximum absolute atomic E-state index is 10.0. The molecule has 1 heterocycles. The molecule has 0 aliphatic carbocycles. The molecule has 0 aliphatic rings. The molecule has 0 amide bonds. The second kappa shape index (κ2) is 4.37. The minimum absolute atomic E-state index is 0.314. The average Bonchev–Trinajstić information content (AvgIpc) is 2.19. The van der Waals surface area contributed by atoms with Gasteiger partial charge < -0.3 is 20.9 Å². The van der Waals surface area contributed by atoms with Gasteiger partial charge in [0.15, 0.2) is 5.82 Å². The van der Waals surface area contributed by atoms with Crippen LogP contribution in [0.1, 0.15) is 27.7 Å². The molecule has 1 aromatic rings. The van der Waals surface area contributed by atoms with Gasteiger partial charge in [-0.05, 0) is 27.7 Å². The van der Waals surface area contributed by atoms with E-state index in [1.165, 1.54) is 13.4 Å². The minimum Gasteiger partial charge on any atom is -0.479 e. The summed E-state index contributed by atoms with van der Waals surface area (Å²) in [5, 5.41) is 13.1. The standard InChI is InChI=1S/C11H20N4O2/c1-10(2,11(3,4)16)15-8-7(12)9(17-5)14-6-13-8/h6,16H,12H2,1-5H3,(H,13,14,15). The maximum atomic E-state index is 10.0. The van der Waals surface area contributed by atoms with Crippen LogP contribution in [0.4, 0.5) is 11.5 Å². The molecule has 6 nitrogen and oxygen atoms in total. The summed E-state index contributed by atoms with van der Waals surface area (Å²) in [6, 6.07) is 0. The number of aromatic nitrogens is 2. The largest absolute Gasteiger partial charge is 0.479 e. The van der Waals surface area contributed by atoms with Crippen LogP contribution in [0.5, 0.6) is 5.88 Å². The highest BCUT2D eigenvalue weighted by molar-refractivity contribution is 5.67. The molecule has 0 fully saturated rings. The molecule has 0 aliphatic heterocycles. The van der Waals surface area contributed by atoms with Crippen molar-refractivity contribution in [2.45, 2.75) is 38.8 Å². The Labute approximate surface area is 101 Å². The van der Waals surface area contributed by atoms with Gasteiger partial charge in [0.25, 0.3) is 0 Å². The Balaban J connectivity index is 3.04. The fourth-order valence-corrected chi connectivity index (χ4v) is 1.09. The molecule has 0 bridgehead atoms. The van der Waals surface area contributed by atoms with Crippen molar-refractivity contribution < 1.29 is 9.84 Å². The number of anilines is 2. The van der Waals surface area contributed by atoms with E-state index in [1.54, 1.807) is 13.8 Å². The molecule has 0 saturated heterocycles. The first kappa shape index (κ1) is 13.5. The predicted octanol–water partition coefficient (Wildman–Crippen LogP) is 1.03. The van der Waals surface area contributed by atoms with Crippen molar-refractivity contribution in [2.24, 2.45) is 0 Å². The van der Waals surface area contributed by atoms with Crippen molar-refractivity contribution in [2.75, 3.05) is 18.2 Å². The maximum Gasteiger partial charge on any atom is 0.242 e. The Hall–Kier alpha value is -1.56. The van der Waals surface area contributed by atoms with Crippen molar-refractivity contribution in [1.29, 1.82) is 0 Å². The molecule has 17 heavy (non-hydrogen) atoms. The monoisotopic (exact) mass is 240 g/mol. The van der Waals surface area contributed by atoms with Gasteiger partial charge in [0, 0.05) is 0 Å². The Bertz CT molecular complexity index is 399. The summed E-state index contributed by atoms with van der Waals surface area (Å²) in [7, 11) is 1.49. The topological polar surface area (TPSA) is 93.3 Å². The van der Waals surface area contributed by atoms with Crippen LogP contribution in [-0.2, 0) is 0 Å². The van der Waals surface area contributed by atoms with Crippen molar-refractivity contribution in [3.8, 4) is 5.88 Å². The molecule has 0 saturated carbocycles. The van der Waals surface area contributed by atoms with E-state index in [-0.39, 0.29) is 0 Å². The van der Waals surface area contributed by atoms with E-state index in [9.17, 15) is 5.11 Å². The van der Waals surface area contributed by atoms with E-state index in [4.69, 9.17) is 10.5 Å². The molecule has 0 radical (unpaired) electrons. The molecule has 4 N–H and O–H groups in total. The zero-order valence-corrected chi connectivity index (χ0v) is 10.9. The summed E-state index contributed by atoms with van der Waals surface area (Å²) in [4.78, 5) is 7.94. The van der Waals surface area contributed by atoms with E-state index in [0.29, 0.717) is 17.4 Å². The summed E-state index contributed by atoms with van der Waals surface area (Å²) < 4.78 is 5.01. The smallest absolute Gasteiger partial charge is 0.242 e. The third-order valence-corrected chi connectivity index (χ3v) is 3.00. The van der Waals surface area contributed by atoms with Gasteiger partial charge in [-0.2, -0.15) is 4.98 Å². The summed E-state index contributed by atoms with van der Waals surface area (Å²) >= 11 is 0. The lowest BCUT2D eigenvalue weighted by Crippen LogP contribution is -2.51. The third-order valence-electron chi connectivity index (χ3n) is 3.00. The molecule has 0 atom stereocenters. The minimum atomic E-state index is -0.933. The number of aliphatic hydroxyl groups is 1. The first-order valence-electron chi connectivity index (χ1n) is 5.34. The van der Waals surface area contributed by atoms with E-state index in [1.807, 2.05) is 13.8 Å². The number of nitrogens with two attached hydrogens (primary N) is 1. The highest BCUT2D eigenvalue weighted by Gasteiger charge is 2.35. The first-order valence-corrected chi connectivity index (χ1v) is 5.34. The van der Waals surface area contributed by atoms with Gasteiger partial charge in [-0.25, -0.2) is 4.98 Å². The summed E-state index contributed by atoms with van der Waals surface area (Å²) in [6.07, 6.45) is 1.36. The van der Waals surface area contributed by atoms with Crippen LogP contribution < -0.4 is 15.8 Å². The molecule has 96 valence electrons. The van der Waals surface area contributed by atoms with Gasteiger partial charge in [-0.15, -0.1) is 0 Å². The number of hydrogen-bond acceptors (Lipinski definition) is 6. The second-order valence-corrected chi connectivity index (χ2v) is 4.95. The molecule has 1 rings (SSSR count). The van der Waals surface area contributed by atoms with Crippen LogP contribution in [0.2, 0.25) is 0 Å². The Morgan fingerprint density at radius 3 is 2.35 bits per heavy atom. The summed E-state index contributed by atoms with van der Waals surface area (Å²) in [6.45, 7) is 7.16. The summed E-state index contributed by atoms with van der Waals surface area (Å²) in [5.41, 5.74) is 4.65. The van der Waals surface area contributed by atoms with Gasteiger partial charge >= 0.3 is 0 Å². The van der Waals surface area contributed by atoms with Crippen LogP contribution in [0.25, 0.3) is 0 Å². The zero-order chi connectivity index (χ0) is 13.3. The highest BCUT2D eigenvalue weighted by Crippen LogP contribution is 2.30. The molecular formula is C11H20N4O2. The lowest BCUT2D eigenvalue weighted by Gasteiger charge is -2.38. The number of nitrogens with one attached hydrogen (secondary N) is 1. The van der Waals surface area contributed by atoms with Crippen molar-refractivity contribution >= 4 is 11.5 Å². The number of methoxy groups -OCH3 is 1. The predicted molar refractivity (Wildman–Crippen MR) is 67.0 cm³/mol. The first-order chi connectivity index (χ1) is 7.69. The van der Waals surface area contributed by atoms with E-state index in [2.05, 4.69) is 15.3 Å². The number of ether oxygens (including phenoxy) is 1. The Kier molecular flexibility index (Phi) is 3.47. The molecular weight excluding hydrogens is 220 g/mol. The van der Waals surface area contributed by atoms with E-state index < -0.39 is 11.1 Å². The van der Waals surface area contributed by atoms with E-state index in [0.717, 1.165) is 0 Å². The third kappa shape index (κ3) is 2.76. The van der Waals surface area contributed by atoms with Crippen LogP contribution in [0.3, 0.4) is 0 Å². The van der Waals surface area contributed by atoms with Crippen molar-refractivity contribution in [3.05, 3.63) is 6.33 Å². The fourth-order valence-electron chi connectivity index (χ4n) is 1.09. The van der Waals surface area contributed by atoms with Crippen molar-refractivity contribution in [1.82, 2.24) is 9.97 Å². The number of rotatable bonds is 4. The number of nitrogens with zero attached hydrogens (tertiary/aromatic N) is 2. The number of nitrogen functional groups attached to an aromatic ring is 1. The van der Waals surface area contributed by atoms with Gasteiger partial charge in [0.2, 0.25) is 5.88 Å². The molecule has 0 spiro atoms. The quantitative estimate of drug-likeness (QED) is 0.727. The van der Waals surface area contributed by atoms with Crippen LogP contribution in [0, 0.1) is 0 Å². The molecule has 6 heteroatoms. The highest BCUT2D eigenvalue weighted by atomic mass is 16.5. The van der Waals surface area contributed by atoms with Gasteiger partial charge in [-0.3, -0.25) is 0 Å². The van der Waals surface area contributed by atoms with Gasteiger partial charge in [-0.1, -0.05) is 0 Å². The molecule has 0 aromatic carbocycles. The lowest BCUT2D eigenvalue weighted by atomic mass is 9.86. The van der Waals surface area contributed by atoms with Crippen LogP contribution in [-0.4, -0.2) is 33.3 Å². The molecule has 1 aromatic heterocycles. The normalized spacial score (nSPS) is 12.4. The summed E-state index contributed by atoms with van der Waals surface area (Å²) in [5.74, 6) is 0.762. The zero-order valence-electron chi connectivity index (χ0n) is 10.9. The second-order valence-electron chi connectivity index (χ2n) is 4.95. The van der Waals surface area contributed by atoms with Crippen molar-refractivity contribution in [3.63, 3.8) is 0 Å². The Morgan fingerprint density at radius 1 is 1.29 bits per heavy atom. The lowest BCUT2D eigenvalue weighted by molar-refractivity contribution is 0.0239.